The lowest BCUT2D eigenvalue weighted by Crippen LogP contribution is -2.47. The van der Waals surface area contributed by atoms with Gasteiger partial charge in [0, 0.05) is 19.0 Å². The number of carbonyl (C=O) groups excluding carboxylic acids is 1. The predicted molar refractivity (Wildman–Crippen MR) is 117 cm³/mol. The molecule has 0 N–H and O–H groups in total. The molecule has 1 amide bonds. The van der Waals surface area contributed by atoms with Crippen molar-refractivity contribution in [2.75, 3.05) is 13.1 Å². The fourth-order valence-corrected chi connectivity index (χ4v) is 3.96. The molecular formula is C25H26F7NO3. The Hall–Kier alpha value is -2.82. The van der Waals surface area contributed by atoms with Crippen LogP contribution in [0, 0.1) is 5.82 Å². The zero-order valence-electron chi connectivity index (χ0n) is 19.8. The fourth-order valence-electron chi connectivity index (χ4n) is 3.96. The number of piperidine rings is 1. The van der Waals surface area contributed by atoms with E-state index in [0.717, 1.165) is 0 Å². The fraction of sp³-hybridized carbons (Fsp3) is 0.480. The molecule has 2 atom stereocenters. The topological polar surface area (TPSA) is 38.8 Å². The van der Waals surface area contributed by atoms with E-state index in [9.17, 15) is 35.5 Å². The van der Waals surface area contributed by atoms with Gasteiger partial charge in [0.2, 0.25) is 0 Å². The van der Waals surface area contributed by atoms with Crippen molar-refractivity contribution >= 4 is 6.09 Å². The summed E-state index contributed by atoms with van der Waals surface area (Å²) in [6.45, 7) is 4.94. The number of amides is 1. The SMILES string of the molecule is CC(C)(C)OC(=O)N1CC[C@@H](OCc2cc(C(F)(F)F)cc(C(F)(F)F)c2)[C@@H](c2ccc(F)cc2)C1. The summed E-state index contributed by atoms with van der Waals surface area (Å²) in [6, 6.07) is 6.75. The molecule has 36 heavy (non-hydrogen) atoms. The summed E-state index contributed by atoms with van der Waals surface area (Å²) in [6.07, 6.45) is -10.9. The summed E-state index contributed by atoms with van der Waals surface area (Å²) in [5, 5.41) is 0. The normalized spacial score (nSPS) is 19.3. The van der Waals surface area contributed by atoms with Gasteiger partial charge >= 0.3 is 18.4 Å². The molecule has 0 aliphatic carbocycles. The van der Waals surface area contributed by atoms with Crippen molar-refractivity contribution in [3.8, 4) is 0 Å². The van der Waals surface area contributed by atoms with Crippen molar-refractivity contribution < 1.29 is 45.0 Å². The van der Waals surface area contributed by atoms with Gasteiger partial charge in [-0.15, -0.1) is 0 Å². The molecule has 4 nitrogen and oxygen atoms in total. The Labute approximate surface area is 204 Å². The van der Waals surface area contributed by atoms with Gasteiger partial charge in [0.25, 0.3) is 0 Å². The predicted octanol–water partition coefficient (Wildman–Crippen LogP) is 7.17. The number of nitrogens with zero attached hydrogens (tertiary/aromatic N) is 1. The van der Waals surface area contributed by atoms with Crippen LogP contribution in [0.15, 0.2) is 42.5 Å². The van der Waals surface area contributed by atoms with Crippen LogP contribution in [0.1, 0.15) is 55.4 Å². The summed E-state index contributed by atoms with van der Waals surface area (Å²) >= 11 is 0. The molecule has 0 spiro atoms. The third kappa shape index (κ3) is 7.35. The molecule has 2 aromatic rings. The van der Waals surface area contributed by atoms with Gasteiger partial charge in [0.15, 0.2) is 0 Å². The van der Waals surface area contributed by atoms with Gasteiger partial charge in [0.05, 0.1) is 23.8 Å². The van der Waals surface area contributed by atoms with E-state index in [1.54, 1.807) is 20.8 Å². The van der Waals surface area contributed by atoms with E-state index < -0.39 is 59.6 Å². The minimum absolute atomic E-state index is 0.0597. The summed E-state index contributed by atoms with van der Waals surface area (Å²) in [5.41, 5.74) is -3.27. The molecule has 1 saturated heterocycles. The third-order valence-electron chi connectivity index (χ3n) is 5.61. The van der Waals surface area contributed by atoms with Crippen LogP contribution in [0.3, 0.4) is 0 Å². The Morgan fingerprint density at radius 3 is 2.00 bits per heavy atom. The van der Waals surface area contributed by atoms with Crippen molar-refractivity contribution in [1.29, 1.82) is 0 Å². The number of hydrogen-bond donors (Lipinski definition) is 0. The Balaban J connectivity index is 1.84. The number of hydrogen-bond acceptors (Lipinski definition) is 3. The minimum Gasteiger partial charge on any atom is -0.444 e. The van der Waals surface area contributed by atoms with Gasteiger partial charge in [-0.2, -0.15) is 26.3 Å². The standard InChI is InChI=1S/C25H26F7NO3/c1-23(2,3)36-22(34)33-9-8-21(20(13-33)16-4-6-19(26)7-5-16)35-14-15-10-17(24(27,28)29)12-18(11-15)25(30,31)32/h4-7,10-12,20-21H,8-9,13-14H2,1-3H3/t20-,21-/m1/s1. The van der Waals surface area contributed by atoms with Crippen LogP contribution in [-0.2, 0) is 28.4 Å². The van der Waals surface area contributed by atoms with Crippen LogP contribution in [-0.4, -0.2) is 35.8 Å². The molecule has 1 fully saturated rings. The van der Waals surface area contributed by atoms with Crippen molar-refractivity contribution in [3.05, 3.63) is 70.5 Å². The summed E-state index contributed by atoms with van der Waals surface area (Å²) < 4.78 is 104. The van der Waals surface area contributed by atoms with Crippen molar-refractivity contribution in [2.24, 2.45) is 0 Å². The van der Waals surface area contributed by atoms with E-state index in [1.165, 1.54) is 29.2 Å². The molecule has 0 unspecified atom stereocenters. The number of likely N-dealkylation sites (tertiary alicyclic amines) is 1. The molecule has 2 aromatic carbocycles. The van der Waals surface area contributed by atoms with Gasteiger partial charge in [-0.3, -0.25) is 0 Å². The van der Waals surface area contributed by atoms with Crippen molar-refractivity contribution in [2.45, 2.75) is 63.8 Å². The first kappa shape index (κ1) is 27.8. The Morgan fingerprint density at radius 2 is 1.50 bits per heavy atom. The zero-order valence-corrected chi connectivity index (χ0v) is 19.8. The molecule has 0 radical (unpaired) electrons. The van der Waals surface area contributed by atoms with Crippen LogP contribution in [0.2, 0.25) is 0 Å². The molecule has 1 heterocycles. The number of carbonyl (C=O) groups is 1. The third-order valence-corrected chi connectivity index (χ3v) is 5.61. The lowest BCUT2D eigenvalue weighted by atomic mass is 9.88. The number of alkyl halides is 6. The number of ether oxygens (including phenoxy) is 2. The average Bonchev–Trinajstić information content (AvgIpc) is 2.75. The first-order chi connectivity index (χ1) is 16.5. The number of rotatable bonds is 4. The Kier molecular flexibility index (Phi) is 7.92. The van der Waals surface area contributed by atoms with E-state index in [4.69, 9.17) is 9.47 Å². The summed E-state index contributed by atoms with van der Waals surface area (Å²) in [4.78, 5) is 14.0. The van der Waals surface area contributed by atoms with Crippen LogP contribution in [0.25, 0.3) is 0 Å². The van der Waals surface area contributed by atoms with E-state index in [1.807, 2.05) is 0 Å². The molecule has 0 aromatic heterocycles. The summed E-state index contributed by atoms with van der Waals surface area (Å²) in [5.74, 6) is -1.00. The van der Waals surface area contributed by atoms with Crippen molar-refractivity contribution in [3.63, 3.8) is 0 Å². The number of benzene rings is 2. The first-order valence-corrected chi connectivity index (χ1v) is 11.2. The van der Waals surface area contributed by atoms with Crippen molar-refractivity contribution in [1.82, 2.24) is 4.90 Å². The van der Waals surface area contributed by atoms with Gasteiger partial charge in [-0.1, -0.05) is 12.1 Å². The monoisotopic (exact) mass is 521 g/mol. The quantitative estimate of drug-likeness (QED) is 0.401. The molecule has 198 valence electrons. The molecule has 1 aliphatic rings. The highest BCUT2D eigenvalue weighted by Gasteiger charge is 2.38. The van der Waals surface area contributed by atoms with E-state index in [-0.39, 0.29) is 31.1 Å². The largest absolute Gasteiger partial charge is 0.444 e. The number of halogens is 7. The lowest BCUT2D eigenvalue weighted by Gasteiger charge is -2.39. The van der Waals surface area contributed by atoms with Gasteiger partial charge in [0.1, 0.15) is 11.4 Å². The molecule has 0 bridgehead atoms. The second-order valence-corrected chi connectivity index (χ2v) is 9.64. The Bertz CT molecular complexity index is 1030. The van der Waals surface area contributed by atoms with Gasteiger partial charge < -0.3 is 14.4 Å². The molecule has 1 aliphatic heterocycles. The molecular weight excluding hydrogens is 495 g/mol. The second kappa shape index (κ2) is 10.3. The lowest BCUT2D eigenvalue weighted by molar-refractivity contribution is -0.143. The van der Waals surface area contributed by atoms with E-state index >= 15 is 0 Å². The second-order valence-electron chi connectivity index (χ2n) is 9.64. The molecule has 0 saturated carbocycles. The minimum atomic E-state index is -4.97. The van der Waals surface area contributed by atoms with Crippen LogP contribution < -0.4 is 0 Å². The van der Waals surface area contributed by atoms with Gasteiger partial charge in [-0.05, 0) is 68.7 Å². The summed E-state index contributed by atoms with van der Waals surface area (Å²) in [7, 11) is 0. The average molecular weight is 521 g/mol. The Morgan fingerprint density at radius 1 is 0.944 bits per heavy atom. The zero-order chi connectivity index (χ0) is 26.9. The van der Waals surface area contributed by atoms with Crippen LogP contribution in [0.4, 0.5) is 35.5 Å². The van der Waals surface area contributed by atoms with E-state index in [2.05, 4.69) is 0 Å². The molecule has 11 heteroatoms. The highest BCUT2D eigenvalue weighted by Crippen LogP contribution is 2.37. The highest BCUT2D eigenvalue weighted by molar-refractivity contribution is 5.68. The van der Waals surface area contributed by atoms with E-state index in [0.29, 0.717) is 17.7 Å². The van der Waals surface area contributed by atoms with Gasteiger partial charge in [-0.25, -0.2) is 9.18 Å². The first-order valence-electron chi connectivity index (χ1n) is 11.2. The smallest absolute Gasteiger partial charge is 0.416 e. The highest BCUT2D eigenvalue weighted by atomic mass is 19.4. The maximum atomic E-state index is 13.5. The maximum Gasteiger partial charge on any atom is 0.416 e. The van der Waals surface area contributed by atoms with Crippen LogP contribution >= 0.6 is 0 Å². The molecule has 3 rings (SSSR count). The van der Waals surface area contributed by atoms with Crippen LogP contribution in [0.5, 0.6) is 0 Å². The maximum absolute atomic E-state index is 13.5.